The minimum absolute atomic E-state index is 0. The number of carbonyl (C=O) groups is 1. The van der Waals surface area contributed by atoms with Crippen LogP contribution in [0.1, 0.15) is 92.0 Å². The summed E-state index contributed by atoms with van der Waals surface area (Å²) in [5.74, 6) is 1.58. The Bertz CT molecular complexity index is 1240. The first-order valence-corrected chi connectivity index (χ1v) is 20.4. The molecule has 49 heavy (non-hydrogen) atoms. The molecule has 0 amide bonds. The monoisotopic (exact) mass is 831 g/mol. The predicted molar refractivity (Wildman–Crippen MR) is 228 cm³/mol. The average Bonchev–Trinajstić information content (AvgIpc) is 3.93. The molecule has 0 radical (unpaired) electrons. The lowest BCUT2D eigenvalue weighted by Crippen LogP contribution is -2.11. The van der Waals surface area contributed by atoms with Gasteiger partial charge in [0.2, 0.25) is 0 Å². The minimum atomic E-state index is -0.363. The molecular weight excluding hydrogens is 777 g/mol. The van der Waals surface area contributed by atoms with Crippen molar-refractivity contribution in [2.75, 3.05) is 31.2 Å². The van der Waals surface area contributed by atoms with Gasteiger partial charge in [-0.3, -0.25) is 4.79 Å². The Morgan fingerprint density at radius 2 is 1.04 bits per heavy atom. The van der Waals surface area contributed by atoms with Crippen LogP contribution >= 0.6 is 91.5 Å². The zero-order valence-electron chi connectivity index (χ0n) is 25.6. The number of aliphatic hydroxyl groups excluding tert-OH is 3. The number of rotatable bonds is 13. The summed E-state index contributed by atoms with van der Waals surface area (Å²) in [4.78, 5) is 14.9. The number of halogens is 3. The quantitative estimate of drug-likeness (QED) is 0.0701. The molecule has 0 fully saturated rings. The smallest absolute Gasteiger partial charge is 0.173 e. The van der Waals surface area contributed by atoms with Gasteiger partial charge in [-0.05, 0) is 89.4 Å². The van der Waals surface area contributed by atoms with Crippen LogP contribution in [0.3, 0.4) is 0 Å². The highest BCUT2D eigenvalue weighted by Crippen LogP contribution is 2.23. The molecule has 4 N–H and O–H groups in total. The Hall–Kier alpha value is -1.12. The van der Waals surface area contributed by atoms with E-state index < -0.39 is 0 Å². The molecule has 5 aromatic heterocycles. The number of thiophene rings is 5. The van der Waals surface area contributed by atoms with Crippen LogP contribution in [0, 0.1) is 0 Å². The van der Waals surface area contributed by atoms with E-state index in [0.717, 1.165) is 32.5 Å². The summed E-state index contributed by atoms with van der Waals surface area (Å²) in [6.45, 7) is 0.860. The molecule has 0 aliphatic heterocycles. The summed E-state index contributed by atoms with van der Waals surface area (Å²) in [7, 11) is 1.89. The number of Topliss-reactive ketones (excluding diaryl/α,β-unsaturated/α-hetero) is 1. The van der Waals surface area contributed by atoms with Gasteiger partial charge in [0.05, 0.1) is 23.2 Å². The lowest BCUT2D eigenvalue weighted by molar-refractivity contribution is 0.0993. The van der Waals surface area contributed by atoms with Gasteiger partial charge in [-0.2, -0.15) is 11.3 Å². The van der Waals surface area contributed by atoms with Gasteiger partial charge in [0, 0.05) is 40.1 Å². The van der Waals surface area contributed by atoms with Crippen molar-refractivity contribution in [2.24, 2.45) is 0 Å². The molecular formula is C36H56Cl3NO4S5. The molecule has 0 saturated heterocycles. The Kier molecular flexibility index (Phi) is 37.6. The number of nitrogens with one attached hydrogen (secondary N) is 1. The largest absolute Gasteiger partial charge is 0.388 e. The SMILES string of the molecule is C.C.C.CNCC[C@H](O)c1cccs1.O=C(CCCl)c1cccs1.OC(CCCl)c1cccs1.O[C@@H](CCCl)c1cccs1.[HH].c1ccsc1. The highest BCUT2D eigenvalue weighted by atomic mass is 35.5. The van der Waals surface area contributed by atoms with Gasteiger partial charge in [0.25, 0.3) is 0 Å². The van der Waals surface area contributed by atoms with Crippen LogP contribution in [-0.4, -0.2) is 52.3 Å². The van der Waals surface area contributed by atoms with E-state index in [1.54, 1.807) is 45.3 Å². The van der Waals surface area contributed by atoms with Crippen LogP contribution in [0.5, 0.6) is 0 Å². The number of hydrogen-bond donors (Lipinski definition) is 4. The molecule has 13 heteroatoms. The zero-order chi connectivity index (χ0) is 33.8. The van der Waals surface area contributed by atoms with Crippen molar-refractivity contribution in [2.45, 2.75) is 66.3 Å². The molecule has 0 spiro atoms. The summed E-state index contributed by atoms with van der Waals surface area (Å²) in [6, 6.07) is 19.3. The van der Waals surface area contributed by atoms with Crippen LogP contribution in [0.25, 0.3) is 0 Å². The highest BCUT2D eigenvalue weighted by Gasteiger charge is 2.08. The molecule has 5 rings (SSSR count). The van der Waals surface area contributed by atoms with Gasteiger partial charge in [-0.15, -0.1) is 80.1 Å². The fourth-order valence-corrected chi connectivity index (χ4v) is 7.20. The maximum atomic E-state index is 11.0. The minimum Gasteiger partial charge on any atom is -0.388 e. The Balaban J connectivity index is -0.000000263. The van der Waals surface area contributed by atoms with E-state index in [1.165, 1.54) is 11.3 Å². The van der Waals surface area contributed by atoms with Gasteiger partial charge >= 0.3 is 0 Å². The van der Waals surface area contributed by atoms with Crippen molar-refractivity contribution in [3.8, 4) is 0 Å². The summed E-state index contributed by atoms with van der Waals surface area (Å²) < 4.78 is 0. The standard InChI is InChI=1S/C8H13NOS.2C7H9ClOS.C7H7ClOS.C4H4S.3CH4.H2/c1-9-5-4-7(10)8-3-2-6-11-8;3*8-4-3-6(9)7-2-1-5-10-7;1-2-4-5-3-1;;;;/h2-3,6-7,9-10H,4-5H2,1H3;2*1-2,5-6,9H,3-4H2;1-2,5H,3-4H2;1-4H;3*1H4;1H/t7-;6-;;;;;;;/m00......./s1. The summed E-state index contributed by atoms with van der Waals surface area (Å²) in [6.07, 6.45) is 1.50. The van der Waals surface area contributed by atoms with Crippen LogP contribution in [0.2, 0.25) is 0 Å². The summed E-state index contributed by atoms with van der Waals surface area (Å²) in [5.41, 5.74) is 0. The maximum absolute atomic E-state index is 11.0. The van der Waals surface area contributed by atoms with E-state index in [2.05, 4.69) is 5.32 Å². The van der Waals surface area contributed by atoms with Crippen molar-refractivity contribution < 1.29 is 21.5 Å². The van der Waals surface area contributed by atoms with E-state index in [-0.39, 0.29) is 47.8 Å². The fourth-order valence-electron chi connectivity index (χ4n) is 3.23. The molecule has 0 aliphatic carbocycles. The molecule has 280 valence electrons. The zero-order valence-corrected chi connectivity index (χ0v) is 31.9. The second-order valence-corrected chi connectivity index (χ2v) is 14.9. The van der Waals surface area contributed by atoms with Crippen LogP contribution in [0.4, 0.5) is 0 Å². The highest BCUT2D eigenvalue weighted by molar-refractivity contribution is 7.12. The van der Waals surface area contributed by atoms with Gasteiger partial charge in [-0.25, -0.2) is 0 Å². The molecule has 5 aromatic rings. The van der Waals surface area contributed by atoms with E-state index in [0.29, 0.717) is 36.9 Å². The Labute approximate surface area is 331 Å². The molecule has 5 heterocycles. The third kappa shape index (κ3) is 25.5. The normalized spacial score (nSPS) is 11.2. The molecule has 0 aliphatic rings. The van der Waals surface area contributed by atoms with Crippen LogP contribution < -0.4 is 5.32 Å². The third-order valence-corrected chi connectivity index (χ3v) is 10.7. The maximum Gasteiger partial charge on any atom is 0.173 e. The van der Waals surface area contributed by atoms with Gasteiger partial charge in [-0.1, -0.05) is 58.7 Å². The third-order valence-electron chi connectivity index (χ3n) is 5.59. The van der Waals surface area contributed by atoms with Gasteiger partial charge in [0.15, 0.2) is 5.78 Å². The van der Waals surface area contributed by atoms with Crippen LogP contribution in [0.15, 0.2) is 92.9 Å². The summed E-state index contributed by atoms with van der Waals surface area (Å²) in [5, 5.41) is 43.0. The molecule has 1 unspecified atom stereocenters. The first kappa shape index (κ1) is 52.2. The predicted octanol–water partition coefficient (Wildman–Crippen LogP) is 12.7. The number of aliphatic hydroxyl groups is 3. The van der Waals surface area contributed by atoms with Crippen molar-refractivity contribution in [1.29, 1.82) is 0 Å². The summed E-state index contributed by atoms with van der Waals surface area (Å²) >= 11 is 24.2. The molecule has 0 bridgehead atoms. The van der Waals surface area contributed by atoms with E-state index in [9.17, 15) is 20.1 Å². The Morgan fingerprint density at radius 1 is 0.633 bits per heavy atom. The van der Waals surface area contributed by atoms with Crippen molar-refractivity contribution in [3.05, 3.63) is 112 Å². The lowest BCUT2D eigenvalue weighted by atomic mass is 10.2. The van der Waals surface area contributed by atoms with Gasteiger partial charge in [0.1, 0.15) is 0 Å². The lowest BCUT2D eigenvalue weighted by Gasteiger charge is -2.06. The second kappa shape index (κ2) is 35.3. The topological polar surface area (TPSA) is 89.8 Å². The van der Waals surface area contributed by atoms with E-state index in [1.807, 2.05) is 100.0 Å². The second-order valence-electron chi connectivity index (χ2n) is 9.07. The van der Waals surface area contributed by atoms with Gasteiger partial charge < -0.3 is 20.6 Å². The van der Waals surface area contributed by atoms with E-state index >= 15 is 0 Å². The Morgan fingerprint density at radius 3 is 1.33 bits per heavy atom. The molecule has 5 nitrogen and oxygen atoms in total. The molecule has 3 atom stereocenters. The van der Waals surface area contributed by atoms with Crippen molar-refractivity contribution in [3.63, 3.8) is 0 Å². The van der Waals surface area contributed by atoms with Crippen molar-refractivity contribution in [1.82, 2.24) is 5.32 Å². The number of hydrogen-bond acceptors (Lipinski definition) is 10. The van der Waals surface area contributed by atoms with E-state index in [4.69, 9.17) is 34.8 Å². The average molecular weight is 834 g/mol. The van der Waals surface area contributed by atoms with Crippen molar-refractivity contribution >= 4 is 97.3 Å². The molecule has 0 saturated carbocycles. The molecule has 0 aromatic carbocycles. The number of carbonyl (C=O) groups excluding carboxylic acids is 1. The number of alkyl halides is 3. The first-order chi connectivity index (χ1) is 22.4. The first-order valence-electron chi connectivity index (χ1n) is 14.4. The number of ketones is 1. The fraction of sp³-hybridized carbons (Fsp3) is 0.417. The van der Waals surface area contributed by atoms with Crippen LogP contribution in [-0.2, 0) is 0 Å².